The molecule has 0 saturated carbocycles. The normalized spacial score (nSPS) is 16.1. The van der Waals surface area contributed by atoms with E-state index < -0.39 is 15.8 Å². The van der Waals surface area contributed by atoms with Crippen molar-refractivity contribution < 1.29 is 17.5 Å². The van der Waals surface area contributed by atoms with Gasteiger partial charge in [-0.05, 0) is 73.2 Å². The van der Waals surface area contributed by atoms with Gasteiger partial charge < -0.3 is 4.74 Å². The van der Waals surface area contributed by atoms with Gasteiger partial charge in [-0.1, -0.05) is 45.9 Å². The standard InChI is InChI=1S/C25H35FN2O3S/c1-18(2)23-6-5-7-24(19(3)4)25(23)31-17-16-28-14-12-21(13-15-28)27-32(29,30)22-10-8-20(26)9-11-22/h5-11,18-19,21,27H,12-17H2,1-4H3. The molecule has 1 saturated heterocycles. The van der Waals surface area contributed by atoms with Gasteiger partial charge in [0.2, 0.25) is 10.0 Å². The Kier molecular flexibility index (Phi) is 8.31. The first-order valence-electron chi connectivity index (χ1n) is 11.4. The lowest BCUT2D eigenvalue weighted by atomic mass is 9.94. The van der Waals surface area contributed by atoms with Crippen LogP contribution in [0.4, 0.5) is 4.39 Å². The first-order valence-corrected chi connectivity index (χ1v) is 12.9. The van der Waals surface area contributed by atoms with Crippen LogP contribution in [0, 0.1) is 5.82 Å². The number of para-hydroxylation sites is 1. The van der Waals surface area contributed by atoms with Crippen molar-refractivity contribution in [3.63, 3.8) is 0 Å². The number of hydrogen-bond acceptors (Lipinski definition) is 4. The highest BCUT2D eigenvalue weighted by molar-refractivity contribution is 7.89. The molecule has 2 aromatic carbocycles. The molecule has 0 radical (unpaired) electrons. The summed E-state index contributed by atoms with van der Waals surface area (Å²) in [4.78, 5) is 2.41. The summed E-state index contributed by atoms with van der Waals surface area (Å²) in [5.74, 6) is 1.36. The molecule has 0 spiro atoms. The smallest absolute Gasteiger partial charge is 0.240 e. The molecule has 0 unspecified atom stereocenters. The Hall–Kier alpha value is -1.96. The highest BCUT2D eigenvalue weighted by Crippen LogP contribution is 2.34. The highest BCUT2D eigenvalue weighted by Gasteiger charge is 2.25. The summed E-state index contributed by atoms with van der Waals surface area (Å²) in [5.41, 5.74) is 2.48. The minimum absolute atomic E-state index is 0.0968. The van der Waals surface area contributed by atoms with Crippen LogP contribution in [0.3, 0.4) is 0 Å². The summed E-state index contributed by atoms with van der Waals surface area (Å²) in [6.07, 6.45) is 1.47. The van der Waals surface area contributed by atoms with Crippen LogP contribution in [0.15, 0.2) is 47.4 Å². The van der Waals surface area contributed by atoms with E-state index in [2.05, 4.69) is 55.5 Å². The van der Waals surface area contributed by atoms with Crippen LogP contribution in [0.1, 0.15) is 63.5 Å². The number of piperidine rings is 1. The van der Waals surface area contributed by atoms with Crippen molar-refractivity contribution >= 4 is 10.0 Å². The molecule has 1 aliphatic heterocycles. The first kappa shape index (κ1) is 24.7. The average molecular weight is 463 g/mol. The Labute approximate surface area is 192 Å². The van der Waals surface area contributed by atoms with Crippen molar-refractivity contribution in [2.75, 3.05) is 26.2 Å². The number of sulfonamides is 1. The van der Waals surface area contributed by atoms with Gasteiger partial charge in [-0.3, -0.25) is 4.90 Å². The zero-order chi connectivity index (χ0) is 23.3. The van der Waals surface area contributed by atoms with Gasteiger partial charge >= 0.3 is 0 Å². The van der Waals surface area contributed by atoms with E-state index >= 15 is 0 Å². The molecule has 32 heavy (non-hydrogen) atoms. The number of halogens is 1. The molecule has 1 fully saturated rings. The van der Waals surface area contributed by atoms with Crippen molar-refractivity contribution in [3.8, 4) is 5.75 Å². The van der Waals surface area contributed by atoms with Gasteiger partial charge in [0.05, 0.1) is 4.90 Å². The number of rotatable bonds is 9. The number of hydrogen-bond donors (Lipinski definition) is 1. The molecule has 5 nitrogen and oxygen atoms in total. The van der Waals surface area contributed by atoms with E-state index in [1.54, 1.807) is 0 Å². The molecule has 3 rings (SSSR count). The van der Waals surface area contributed by atoms with E-state index in [-0.39, 0.29) is 10.9 Å². The molecule has 176 valence electrons. The largest absolute Gasteiger partial charge is 0.492 e. The van der Waals surface area contributed by atoms with Crippen LogP contribution < -0.4 is 9.46 Å². The average Bonchev–Trinajstić information content (AvgIpc) is 2.75. The molecule has 2 aromatic rings. The second-order valence-corrected chi connectivity index (χ2v) is 10.8. The van der Waals surface area contributed by atoms with E-state index in [1.807, 2.05) is 0 Å². The van der Waals surface area contributed by atoms with Crippen molar-refractivity contribution in [3.05, 3.63) is 59.4 Å². The Morgan fingerprint density at radius 2 is 1.56 bits per heavy atom. The summed E-state index contributed by atoms with van der Waals surface area (Å²) in [7, 11) is -3.63. The number of likely N-dealkylation sites (tertiary alicyclic amines) is 1. The van der Waals surface area contributed by atoms with Crippen LogP contribution in [-0.4, -0.2) is 45.6 Å². The Morgan fingerprint density at radius 1 is 1.00 bits per heavy atom. The Balaban J connectivity index is 1.51. The maximum absolute atomic E-state index is 13.1. The van der Waals surface area contributed by atoms with Gasteiger partial charge in [-0.15, -0.1) is 0 Å². The van der Waals surface area contributed by atoms with Crippen molar-refractivity contribution in [2.45, 2.75) is 63.3 Å². The lowest BCUT2D eigenvalue weighted by Crippen LogP contribution is -2.45. The van der Waals surface area contributed by atoms with Crippen LogP contribution in [-0.2, 0) is 10.0 Å². The van der Waals surface area contributed by atoms with E-state index in [0.717, 1.165) is 38.2 Å². The lowest BCUT2D eigenvalue weighted by Gasteiger charge is -2.32. The fourth-order valence-corrected chi connectivity index (χ4v) is 5.41. The summed E-state index contributed by atoms with van der Waals surface area (Å²) in [6, 6.07) is 11.2. The third-order valence-corrected chi connectivity index (χ3v) is 7.54. The lowest BCUT2D eigenvalue weighted by molar-refractivity contribution is 0.169. The van der Waals surface area contributed by atoms with Crippen molar-refractivity contribution in [1.29, 1.82) is 0 Å². The third-order valence-electron chi connectivity index (χ3n) is 6.01. The number of ether oxygens (including phenoxy) is 1. The minimum Gasteiger partial charge on any atom is -0.492 e. The van der Waals surface area contributed by atoms with Crippen LogP contribution in [0.2, 0.25) is 0 Å². The molecule has 0 aromatic heterocycles. The van der Waals surface area contributed by atoms with Gasteiger partial charge in [-0.25, -0.2) is 17.5 Å². The van der Waals surface area contributed by atoms with Crippen LogP contribution >= 0.6 is 0 Å². The quantitative estimate of drug-likeness (QED) is 0.576. The number of nitrogens with one attached hydrogen (secondary N) is 1. The summed E-state index contributed by atoms with van der Waals surface area (Å²) >= 11 is 0. The Morgan fingerprint density at radius 3 is 2.09 bits per heavy atom. The zero-order valence-electron chi connectivity index (χ0n) is 19.5. The van der Waals surface area contributed by atoms with Gasteiger partial charge in [0, 0.05) is 12.6 Å². The number of nitrogens with zero attached hydrogens (tertiary/aromatic N) is 1. The topological polar surface area (TPSA) is 58.6 Å². The third kappa shape index (κ3) is 6.30. The van der Waals surface area contributed by atoms with Crippen LogP contribution in [0.5, 0.6) is 5.75 Å². The predicted octanol–water partition coefficient (Wildman–Crippen LogP) is 4.89. The molecule has 1 N–H and O–H groups in total. The SMILES string of the molecule is CC(C)c1cccc(C(C)C)c1OCCN1CCC(NS(=O)(=O)c2ccc(F)cc2)CC1. The van der Waals surface area contributed by atoms with Crippen molar-refractivity contribution in [2.24, 2.45) is 0 Å². The molecule has 1 aliphatic rings. The second-order valence-electron chi connectivity index (χ2n) is 9.11. The van der Waals surface area contributed by atoms with Gasteiger partial charge in [0.1, 0.15) is 18.2 Å². The highest BCUT2D eigenvalue weighted by atomic mass is 32.2. The van der Waals surface area contributed by atoms with Crippen LogP contribution in [0.25, 0.3) is 0 Å². The van der Waals surface area contributed by atoms with E-state index in [9.17, 15) is 12.8 Å². The van der Waals surface area contributed by atoms with E-state index in [0.29, 0.717) is 18.4 Å². The van der Waals surface area contributed by atoms with Gasteiger partial charge in [-0.2, -0.15) is 0 Å². The molecule has 7 heteroatoms. The molecule has 0 aliphatic carbocycles. The summed E-state index contributed by atoms with van der Waals surface area (Å²) in [5, 5.41) is 0. The molecule has 0 amide bonds. The predicted molar refractivity (Wildman–Crippen MR) is 126 cm³/mol. The van der Waals surface area contributed by atoms with Gasteiger partial charge in [0.25, 0.3) is 0 Å². The Bertz CT molecular complexity index is 956. The molecule has 0 atom stereocenters. The van der Waals surface area contributed by atoms with E-state index in [4.69, 9.17) is 4.74 Å². The summed E-state index contributed by atoms with van der Waals surface area (Å²) < 4.78 is 47.2. The first-order chi connectivity index (χ1) is 15.2. The number of benzene rings is 2. The minimum atomic E-state index is -3.63. The monoisotopic (exact) mass is 462 g/mol. The fourth-order valence-electron chi connectivity index (χ4n) is 4.10. The molecule has 1 heterocycles. The maximum Gasteiger partial charge on any atom is 0.240 e. The molecule has 0 bridgehead atoms. The fraction of sp³-hybridized carbons (Fsp3) is 0.520. The van der Waals surface area contributed by atoms with Gasteiger partial charge in [0.15, 0.2) is 0 Å². The zero-order valence-corrected chi connectivity index (χ0v) is 20.3. The van der Waals surface area contributed by atoms with Crippen molar-refractivity contribution in [1.82, 2.24) is 9.62 Å². The molecular weight excluding hydrogens is 427 g/mol. The summed E-state index contributed by atoms with van der Waals surface area (Å²) in [6.45, 7) is 11.8. The maximum atomic E-state index is 13.1. The van der Waals surface area contributed by atoms with E-state index in [1.165, 1.54) is 35.4 Å². The molecular formula is C25H35FN2O3S. The second kappa shape index (κ2) is 10.8.